The van der Waals surface area contributed by atoms with Crippen LogP contribution in [-0.4, -0.2) is 25.8 Å². The van der Waals surface area contributed by atoms with Crippen LogP contribution < -0.4 is 0 Å². The molecule has 5 nitrogen and oxygen atoms in total. The molecule has 0 saturated heterocycles. The largest absolute Gasteiger partial charge is 0.481 e. The minimum atomic E-state index is -0.659. The highest BCUT2D eigenvalue weighted by Gasteiger charge is 2.42. The van der Waals surface area contributed by atoms with Gasteiger partial charge in [0.15, 0.2) is 0 Å². The zero-order valence-corrected chi connectivity index (χ0v) is 10.6. The summed E-state index contributed by atoms with van der Waals surface area (Å²) in [5.41, 5.74) is -0.582. The van der Waals surface area contributed by atoms with E-state index >= 15 is 0 Å². The number of hydrogen-bond acceptors (Lipinski definition) is 3. The number of carboxylic acids is 1. The van der Waals surface area contributed by atoms with E-state index in [2.05, 4.69) is 14.8 Å². The van der Waals surface area contributed by atoms with Gasteiger partial charge in [-0.25, -0.2) is 0 Å². The molecule has 1 aliphatic carbocycles. The minimum Gasteiger partial charge on any atom is -0.481 e. The third-order valence-electron chi connectivity index (χ3n) is 4.45. The first-order valence-corrected chi connectivity index (χ1v) is 6.86. The van der Waals surface area contributed by atoms with Crippen molar-refractivity contribution in [3.8, 4) is 0 Å². The van der Waals surface area contributed by atoms with E-state index < -0.39 is 11.4 Å². The average molecular weight is 249 g/mol. The van der Waals surface area contributed by atoms with Crippen molar-refractivity contribution in [3.05, 3.63) is 11.6 Å². The molecule has 1 aromatic heterocycles. The van der Waals surface area contributed by atoms with Crippen LogP contribution >= 0.6 is 0 Å². The van der Waals surface area contributed by atoms with Crippen LogP contribution in [0.15, 0.2) is 0 Å². The first-order chi connectivity index (χ1) is 8.71. The van der Waals surface area contributed by atoms with Crippen LogP contribution in [0.5, 0.6) is 0 Å². The number of carbonyl (C=O) groups is 1. The molecule has 2 heterocycles. The molecule has 3 rings (SSSR count). The molecule has 0 bridgehead atoms. The Hall–Kier alpha value is -1.39. The Morgan fingerprint density at radius 3 is 2.72 bits per heavy atom. The van der Waals surface area contributed by atoms with Crippen molar-refractivity contribution in [3.63, 3.8) is 0 Å². The summed E-state index contributed by atoms with van der Waals surface area (Å²) in [6, 6.07) is 0. The average Bonchev–Trinajstić information content (AvgIpc) is 2.99. The molecule has 1 N–H and O–H groups in total. The van der Waals surface area contributed by atoms with Crippen LogP contribution in [0.3, 0.4) is 0 Å². The van der Waals surface area contributed by atoms with Crippen molar-refractivity contribution in [1.82, 2.24) is 14.8 Å². The third kappa shape index (κ3) is 1.82. The van der Waals surface area contributed by atoms with Crippen molar-refractivity contribution in [2.75, 3.05) is 0 Å². The Morgan fingerprint density at radius 1 is 1.22 bits per heavy atom. The molecule has 1 aromatic rings. The number of nitrogens with zero attached hydrogens (tertiary/aromatic N) is 3. The van der Waals surface area contributed by atoms with Gasteiger partial charge in [-0.05, 0) is 25.7 Å². The summed E-state index contributed by atoms with van der Waals surface area (Å²) in [6.45, 7) is 0.952. The molecule has 2 aliphatic rings. The SMILES string of the molecule is O=C(O)C1(Cc2nnc3n2CCCC3)CCCC1. The van der Waals surface area contributed by atoms with E-state index in [1.54, 1.807) is 0 Å². The lowest BCUT2D eigenvalue weighted by Gasteiger charge is -2.24. The normalized spacial score (nSPS) is 21.8. The van der Waals surface area contributed by atoms with Crippen LogP contribution in [0.1, 0.15) is 50.2 Å². The van der Waals surface area contributed by atoms with Crippen LogP contribution in [0.25, 0.3) is 0 Å². The molecule has 5 heteroatoms. The van der Waals surface area contributed by atoms with E-state index in [1.807, 2.05) is 0 Å². The summed E-state index contributed by atoms with van der Waals surface area (Å²) >= 11 is 0. The molecule has 18 heavy (non-hydrogen) atoms. The Kier molecular flexibility index (Phi) is 2.84. The van der Waals surface area contributed by atoms with Gasteiger partial charge in [-0.2, -0.15) is 0 Å². The Morgan fingerprint density at radius 2 is 2.00 bits per heavy atom. The maximum atomic E-state index is 11.6. The molecule has 0 atom stereocenters. The smallest absolute Gasteiger partial charge is 0.310 e. The van der Waals surface area contributed by atoms with Gasteiger partial charge in [-0.1, -0.05) is 12.8 Å². The summed E-state index contributed by atoms with van der Waals surface area (Å²) in [7, 11) is 0. The number of carboxylic acid groups (broad SMARTS) is 1. The number of aliphatic carboxylic acids is 1. The predicted octanol–water partition coefficient (Wildman–Crippen LogP) is 1.80. The number of hydrogen-bond donors (Lipinski definition) is 1. The lowest BCUT2D eigenvalue weighted by atomic mass is 9.82. The second-order valence-corrected chi connectivity index (χ2v) is 5.61. The highest BCUT2D eigenvalue weighted by atomic mass is 16.4. The zero-order chi connectivity index (χ0) is 12.6. The van der Waals surface area contributed by atoms with Gasteiger partial charge in [-0.3, -0.25) is 4.79 Å². The summed E-state index contributed by atoms with van der Waals surface area (Å²) < 4.78 is 2.15. The summed E-state index contributed by atoms with van der Waals surface area (Å²) in [4.78, 5) is 11.6. The lowest BCUT2D eigenvalue weighted by Crippen LogP contribution is -2.31. The van der Waals surface area contributed by atoms with Crippen molar-refractivity contribution in [1.29, 1.82) is 0 Å². The Bertz CT molecular complexity index is 461. The fraction of sp³-hybridized carbons (Fsp3) is 0.769. The van der Waals surface area contributed by atoms with Crippen molar-refractivity contribution < 1.29 is 9.90 Å². The molecule has 1 saturated carbocycles. The quantitative estimate of drug-likeness (QED) is 0.887. The molecule has 0 amide bonds. The minimum absolute atomic E-state index is 0.551. The molecule has 1 aliphatic heterocycles. The molecular weight excluding hydrogens is 230 g/mol. The van der Waals surface area contributed by atoms with E-state index in [0.717, 1.165) is 56.7 Å². The van der Waals surface area contributed by atoms with Gasteiger partial charge >= 0.3 is 5.97 Å². The van der Waals surface area contributed by atoms with Crippen LogP contribution in [0.2, 0.25) is 0 Å². The first kappa shape index (κ1) is 11.7. The molecule has 0 spiro atoms. The van der Waals surface area contributed by atoms with Crippen LogP contribution in [0.4, 0.5) is 0 Å². The number of aromatic nitrogens is 3. The lowest BCUT2D eigenvalue weighted by molar-refractivity contribution is -0.148. The Balaban J connectivity index is 1.87. The van der Waals surface area contributed by atoms with E-state index in [-0.39, 0.29) is 0 Å². The summed E-state index contributed by atoms with van der Waals surface area (Å²) in [5.74, 6) is 1.26. The van der Waals surface area contributed by atoms with Gasteiger partial charge < -0.3 is 9.67 Å². The van der Waals surface area contributed by atoms with Crippen LogP contribution in [0, 0.1) is 5.41 Å². The number of aryl methyl sites for hydroxylation is 1. The fourth-order valence-electron chi connectivity index (χ4n) is 3.32. The second-order valence-electron chi connectivity index (χ2n) is 5.61. The molecule has 1 fully saturated rings. The highest BCUT2D eigenvalue weighted by Crippen LogP contribution is 2.41. The summed E-state index contributed by atoms with van der Waals surface area (Å²) in [6.07, 6.45) is 7.46. The molecule has 0 unspecified atom stereocenters. The van der Waals surface area contributed by atoms with Crippen molar-refractivity contribution >= 4 is 5.97 Å². The zero-order valence-electron chi connectivity index (χ0n) is 10.6. The van der Waals surface area contributed by atoms with Gasteiger partial charge in [0.2, 0.25) is 0 Å². The van der Waals surface area contributed by atoms with Crippen molar-refractivity contribution in [2.24, 2.45) is 5.41 Å². The molecular formula is C13H19N3O2. The first-order valence-electron chi connectivity index (χ1n) is 6.86. The van der Waals surface area contributed by atoms with E-state index in [0.29, 0.717) is 6.42 Å². The van der Waals surface area contributed by atoms with E-state index in [9.17, 15) is 9.90 Å². The molecule has 0 aromatic carbocycles. The van der Waals surface area contributed by atoms with E-state index in [1.165, 1.54) is 6.42 Å². The standard InChI is InChI=1S/C13H19N3O2/c17-12(18)13(6-2-3-7-13)9-11-15-14-10-5-1-4-8-16(10)11/h1-9H2,(H,17,18). The second kappa shape index (κ2) is 4.37. The predicted molar refractivity (Wildman–Crippen MR) is 65.2 cm³/mol. The fourth-order valence-corrected chi connectivity index (χ4v) is 3.32. The third-order valence-corrected chi connectivity index (χ3v) is 4.45. The van der Waals surface area contributed by atoms with Crippen LogP contribution in [-0.2, 0) is 24.2 Å². The van der Waals surface area contributed by atoms with Gasteiger partial charge in [0.1, 0.15) is 11.6 Å². The monoisotopic (exact) mass is 249 g/mol. The van der Waals surface area contributed by atoms with Gasteiger partial charge in [0, 0.05) is 19.4 Å². The highest BCUT2D eigenvalue weighted by molar-refractivity contribution is 5.75. The number of fused-ring (bicyclic) bond motifs is 1. The van der Waals surface area contributed by atoms with Crippen molar-refractivity contribution in [2.45, 2.75) is 57.9 Å². The van der Waals surface area contributed by atoms with Gasteiger partial charge in [0.05, 0.1) is 5.41 Å². The van der Waals surface area contributed by atoms with Gasteiger partial charge in [0.25, 0.3) is 0 Å². The van der Waals surface area contributed by atoms with Gasteiger partial charge in [-0.15, -0.1) is 10.2 Å². The summed E-state index contributed by atoms with van der Waals surface area (Å²) in [5, 5.41) is 18.0. The topological polar surface area (TPSA) is 68.0 Å². The Labute approximate surface area is 106 Å². The maximum Gasteiger partial charge on any atom is 0.310 e. The molecule has 98 valence electrons. The molecule has 0 radical (unpaired) electrons. The maximum absolute atomic E-state index is 11.6. The number of rotatable bonds is 3. The van der Waals surface area contributed by atoms with E-state index in [4.69, 9.17) is 0 Å².